The van der Waals surface area contributed by atoms with E-state index < -0.39 is 22.7 Å². The van der Waals surface area contributed by atoms with E-state index in [9.17, 15) is 8.42 Å². The van der Waals surface area contributed by atoms with Crippen molar-refractivity contribution in [3.63, 3.8) is 0 Å². The Kier molecular flexibility index (Phi) is 2.57. The SMILES string of the molecule is C=C1OB(c2ccc3c(c2)S(=O)(=O)NC3)OC1(C)C. The standard InChI is InChI=1S/C12H14BNO4S/c1-8-12(2,3)18-13(17-8)10-5-4-9-7-14-19(15,16)11(9)6-10/h4-6,14H,1,7H2,2-3H3. The van der Waals surface area contributed by atoms with Gasteiger partial charge in [-0.15, -0.1) is 0 Å². The van der Waals surface area contributed by atoms with Crippen molar-refractivity contribution in [2.45, 2.75) is 30.9 Å². The summed E-state index contributed by atoms with van der Waals surface area (Å²) in [5, 5.41) is 0. The van der Waals surface area contributed by atoms with Crippen LogP contribution in [0.1, 0.15) is 19.4 Å². The third-order valence-corrected chi connectivity index (χ3v) is 4.91. The molecule has 0 amide bonds. The van der Waals surface area contributed by atoms with Crippen molar-refractivity contribution in [3.05, 3.63) is 36.1 Å². The summed E-state index contributed by atoms with van der Waals surface area (Å²) >= 11 is 0. The molecule has 7 heteroatoms. The number of fused-ring (bicyclic) bond motifs is 1. The summed E-state index contributed by atoms with van der Waals surface area (Å²) in [7, 11) is -3.99. The third kappa shape index (κ3) is 1.98. The minimum absolute atomic E-state index is 0.299. The van der Waals surface area contributed by atoms with E-state index in [1.54, 1.807) is 12.1 Å². The number of nitrogens with one attached hydrogen (secondary N) is 1. The topological polar surface area (TPSA) is 64.6 Å². The Balaban J connectivity index is 1.99. The van der Waals surface area contributed by atoms with Gasteiger partial charge in [0.05, 0.1) is 10.7 Å². The molecule has 2 heterocycles. The normalized spacial score (nSPS) is 23.3. The summed E-state index contributed by atoms with van der Waals surface area (Å²) < 4.78 is 37.4. The highest BCUT2D eigenvalue weighted by Crippen LogP contribution is 2.30. The van der Waals surface area contributed by atoms with E-state index >= 15 is 0 Å². The lowest BCUT2D eigenvalue weighted by molar-refractivity contribution is 0.173. The fraction of sp³-hybridized carbons (Fsp3) is 0.333. The van der Waals surface area contributed by atoms with E-state index in [1.807, 2.05) is 19.9 Å². The number of sulfonamides is 1. The van der Waals surface area contributed by atoms with Crippen molar-refractivity contribution in [3.8, 4) is 0 Å². The van der Waals surface area contributed by atoms with Crippen molar-refractivity contribution in [2.75, 3.05) is 0 Å². The van der Waals surface area contributed by atoms with Gasteiger partial charge in [-0.05, 0) is 30.9 Å². The van der Waals surface area contributed by atoms with Crippen molar-refractivity contribution in [2.24, 2.45) is 0 Å². The average Bonchev–Trinajstić information content (AvgIpc) is 2.77. The second-order valence-electron chi connectivity index (χ2n) is 5.19. The van der Waals surface area contributed by atoms with E-state index in [-0.39, 0.29) is 0 Å². The van der Waals surface area contributed by atoms with Gasteiger partial charge in [-0.2, -0.15) is 0 Å². The molecule has 0 radical (unpaired) electrons. The Hall–Kier alpha value is -1.31. The summed E-state index contributed by atoms with van der Waals surface area (Å²) in [4.78, 5) is 0.299. The predicted octanol–water partition coefficient (Wildman–Crippen LogP) is 0.513. The van der Waals surface area contributed by atoms with Crippen LogP contribution in [0.4, 0.5) is 0 Å². The van der Waals surface area contributed by atoms with Crippen LogP contribution >= 0.6 is 0 Å². The van der Waals surface area contributed by atoms with Gasteiger partial charge in [0, 0.05) is 6.54 Å². The first kappa shape index (κ1) is 12.7. The molecule has 0 saturated carbocycles. The van der Waals surface area contributed by atoms with E-state index in [0.717, 1.165) is 5.56 Å². The third-order valence-electron chi connectivity index (χ3n) is 3.43. The van der Waals surface area contributed by atoms with E-state index in [2.05, 4.69) is 11.3 Å². The molecular formula is C12H14BNO4S. The molecule has 0 atom stereocenters. The molecule has 1 aromatic rings. The highest BCUT2D eigenvalue weighted by atomic mass is 32.2. The van der Waals surface area contributed by atoms with Crippen LogP contribution in [0.3, 0.4) is 0 Å². The molecule has 2 aliphatic rings. The van der Waals surface area contributed by atoms with Crippen LogP contribution < -0.4 is 10.2 Å². The average molecular weight is 279 g/mol. The molecule has 0 spiro atoms. The zero-order valence-electron chi connectivity index (χ0n) is 10.8. The molecular weight excluding hydrogens is 265 g/mol. The molecule has 1 N–H and O–H groups in total. The monoisotopic (exact) mass is 279 g/mol. The van der Waals surface area contributed by atoms with Gasteiger partial charge >= 0.3 is 7.12 Å². The van der Waals surface area contributed by atoms with Crippen LogP contribution in [0.15, 0.2) is 35.4 Å². The van der Waals surface area contributed by atoms with Gasteiger partial charge in [0.2, 0.25) is 10.0 Å². The first-order chi connectivity index (χ1) is 8.79. The van der Waals surface area contributed by atoms with Crippen molar-refractivity contribution < 1.29 is 17.7 Å². The molecule has 19 heavy (non-hydrogen) atoms. The molecule has 2 aliphatic heterocycles. The Morgan fingerprint density at radius 2 is 2.16 bits per heavy atom. The van der Waals surface area contributed by atoms with Crippen molar-refractivity contribution >= 4 is 22.6 Å². The van der Waals surface area contributed by atoms with Crippen molar-refractivity contribution in [1.82, 2.24) is 4.72 Å². The summed E-state index contributed by atoms with van der Waals surface area (Å²) in [5.74, 6) is 0.541. The molecule has 1 saturated heterocycles. The van der Waals surface area contributed by atoms with Gasteiger partial charge in [-0.25, -0.2) is 13.1 Å². The summed E-state index contributed by atoms with van der Waals surface area (Å²) in [6.07, 6.45) is 0. The van der Waals surface area contributed by atoms with Crippen LogP contribution in [0, 0.1) is 0 Å². The molecule has 3 rings (SSSR count). The van der Waals surface area contributed by atoms with Crippen LogP contribution in [-0.2, 0) is 25.9 Å². The van der Waals surface area contributed by atoms with E-state index in [0.29, 0.717) is 22.7 Å². The Morgan fingerprint density at radius 3 is 2.79 bits per heavy atom. The summed E-state index contributed by atoms with van der Waals surface area (Å²) in [6.45, 7) is 7.87. The molecule has 0 aliphatic carbocycles. The fourth-order valence-electron chi connectivity index (χ4n) is 2.13. The molecule has 0 unspecified atom stereocenters. The zero-order valence-corrected chi connectivity index (χ0v) is 11.6. The number of hydrogen-bond donors (Lipinski definition) is 1. The van der Waals surface area contributed by atoms with Crippen LogP contribution in [0.5, 0.6) is 0 Å². The van der Waals surface area contributed by atoms with Gasteiger partial charge in [-0.1, -0.05) is 18.7 Å². The van der Waals surface area contributed by atoms with Gasteiger partial charge < -0.3 is 9.31 Å². The van der Waals surface area contributed by atoms with Gasteiger partial charge in [-0.3, -0.25) is 0 Å². The van der Waals surface area contributed by atoms with Gasteiger partial charge in [0.1, 0.15) is 5.60 Å². The second-order valence-corrected chi connectivity index (χ2v) is 6.93. The molecule has 0 aromatic heterocycles. The number of hydrogen-bond acceptors (Lipinski definition) is 4. The summed E-state index contributed by atoms with van der Waals surface area (Å²) in [6, 6.07) is 5.20. The number of rotatable bonds is 1. The first-order valence-electron chi connectivity index (χ1n) is 5.96. The molecule has 5 nitrogen and oxygen atoms in total. The van der Waals surface area contributed by atoms with E-state index in [4.69, 9.17) is 9.31 Å². The van der Waals surface area contributed by atoms with E-state index in [1.165, 1.54) is 0 Å². The van der Waals surface area contributed by atoms with Crippen LogP contribution in [-0.4, -0.2) is 21.1 Å². The molecule has 1 fully saturated rings. The van der Waals surface area contributed by atoms with Crippen molar-refractivity contribution in [1.29, 1.82) is 0 Å². The minimum atomic E-state index is -3.38. The molecule has 1 aromatic carbocycles. The predicted molar refractivity (Wildman–Crippen MR) is 71.2 cm³/mol. The Morgan fingerprint density at radius 1 is 1.42 bits per heavy atom. The largest absolute Gasteiger partial charge is 0.563 e. The first-order valence-corrected chi connectivity index (χ1v) is 7.44. The lowest BCUT2D eigenvalue weighted by atomic mass is 9.79. The highest BCUT2D eigenvalue weighted by molar-refractivity contribution is 7.89. The van der Waals surface area contributed by atoms with Crippen LogP contribution in [0.25, 0.3) is 0 Å². The lowest BCUT2D eigenvalue weighted by Gasteiger charge is -2.15. The second kappa shape index (κ2) is 3.85. The van der Waals surface area contributed by atoms with Gasteiger partial charge in [0.15, 0.2) is 0 Å². The maximum absolute atomic E-state index is 11.8. The fourth-order valence-corrected chi connectivity index (χ4v) is 3.41. The van der Waals surface area contributed by atoms with Gasteiger partial charge in [0.25, 0.3) is 0 Å². The number of benzene rings is 1. The Labute approximate surface area is 112 Å². The molecule has 0 bridgehead atoms. The zero-order chi connectivity index (χ0) is 13.8. The lowest BCUT2D eigenvalue weighted by Crippen LogP contribution is -2.34. The molecule has 100 valence electrons. The van der Waals surface area contributed by atoms with Crippen LogP contribution in [0.2, 0.25) is 0 Å². The smallest absolute Gasteiger partial charge is 0.534 e. The minimum Gasteiger partial charge on any atom is -0.534 e. The highest BCUT2D eigenvalue weighted by Gasteiger charge is 2.43. The summed E-state index contributed by atoms with van der Waals surface area (Å²) in [5.41, 5.74) is 0.874. The maximum atomic E-state index is 11.8. The maximum Gasteiger partial charge on any atom is 0.563 e. The Bertz CT molecular complexity index is 668. The quantitative estimate of drug-likeness (QED) is 0.761.